The molecule has 2 rings (SSSR count). The second-order valence-electron chi connectivity index (χ2n) is 5.18. The van der Waals surface area contributed by atoms with E-state index < -0.39 is 0 Å². The van der Waals surface area contributed by atoms with Crippen LogP contribution in [0.4, 0.5) is 0 Å². The molecule has 1 aliphatic carbocycles. The number of hydrogen-bond donors (Lipinski definition) is 1. The van der Waals surface area contributed by atoms with Crippen molar-refractivity contribution < 1.29 is 0 Å². The van der Waals surface area contributed by atoms with Crippen molar-refractivity contribution in [3.8, 4) is 0 Å². The Kier molecular flexibility index (Phi) is 5.92. The summed E-state index contributed by atoms with van der Waals surface area (Å²) >= 11 is 6.31. The van der Waals surface area contributed by atoms with E-state index in [1.807, 2.05) is 37.2 Å². The summed E-state index contributed by atoms with van der Waals surface area (Å²) < 4.78 is 0. The minimum absolute atomic E-state index is 0. The van der Waals surface area contributed by atoms with Crippen LogP contribution in [0.5, 0.6) is 0 Å². The van der Waals surface area contributed by atoms with Crippen LogP contribution in [-0.2, 0) is 5.41 Å². The molecule has 106 valence electrons. The van der Waals surface area contributed by atoms with E-state index in [0.29, 0.717) is 5.96 Å². The first-order valence-corrected chi connectivity index (χ1v) is 6.65. The lowest BCUT2D eigenvalue weighted by Gasteiger charge is -2.42. The van der Waals surface area contributed by atoms with Crippen LogP contribution in [0.3, 0.4) is 0 Å². The third kappa shape index (κ3) is 3.54. The van der Waals surface area contributed by atoms with Gasteiger partial charge in [0.25, 0.3) is 0 Å². The number of nitrogens with zero attached hydrogens (tertiary/aromatic N) is 2. The molecule has 0 radical (unpaired) electrons. The normalized spacial score (nSPS) is 17.3. The van der Waals surface area contributed by atoms with Gasteiger partial charge in [0.1, 0.15) is 0 Å². The van der Waals surface area contributed by atoms with Gasteiger partial charge in [-0.3, -0.25) is 4.99 Å². The molecule has 0 unspecified atom stereocenters. The third-order valence-corrected chi connectivity index (χ3v) is 4.09. The summed E-state index contributed by atoms with van der Waals surface area (Å²) in [5, 5.41) is 0.843. The van der Waals surface area contributed by atoms with Crippen LogP contribution >= 0.6 is 35.6 Å². The van der Waals surface area contributed by atoms with Crippen LogP contribution < -0.4 is 5.73 Å². The lowest BCUT2D eigenvalue weighted by atomic mass is 9.64. The van der Waals surface area contributed by atoms with Crippen LogP contribution in [0.1, 0.15) is 24.8 Å². The van der Waals surface area contributed by atoms with Gasteiger partial charge in [0.2, 0.25) is 0 Å². The molecule has 1 fully saturated rings. The second-order valence-corrected chi connectivity index (χ2v) is 5.59. The van der Waals surface area contributed by atoms with Gasteiger partial charge in [-0.25, -0.2) is 0 Å². The molecule has 0 spiro atoms. The number of rotatable bonds is 3. The predicted octanol–water partition coefficient (Wildman–Crippen LogP) is 3.26. The Morgan fingerprint density at radius 3 is 2.47 bits per heavy atom. The van der Waals surface area contributed by atoms with Crippen molar-refractivity contribution in [3.05, 3.63) is 34.9 Å². The monoisotopic (exact) mass is 393 g/mol. The molecule has 2 N–H and O–H groups in total. The summed E-state index contributed by atoms with van der Waals surface area (Å²) in [6.45, 7) is 0.723. The number of benzene rings is 1. The zero-order chi connectivity index (χ0) is 13.2. The maximum Gasteiger partial charge on any atom is 0.190 e. The number of aliphatic imine (C=N–C) groups is 1. The molecular formula is C14H21ClIN3. The quantitative estimate of drug-likeness (QED) is 0.486. The number of hydrogen-bond acceptors (Lipinski definition) is 1. The van der Waals surface area contributed by atoms with Gasteiger partial charge in [0.05, 0.1) is 6.54 Å². The van der Waals surface area contributed by atoms with Crippen molar-refractivity contribution in [2.24, 2.45) is 10.7 Å². The highest BCUT2D eigenvalue weighted by Gasteiger charge is 2.39. The van der Waals surface area contributed by atoms with E-state index in [0.717, 1.165) is 24.4 Å². The summed E-state index contributed by atoms with van der Waals surface area (Å²) in [5.74, 6) is 0.577. The lowest BCUT2D eigenvalue weighted by molar-refractivity contribution is 0.253. The lowest BCUT2D eigenvalue weighted by Crippen LogP contribution is -2.39. The zero-order valence-corrected chi connectivity index (χ0v) is 14.5. The minimum Gasteiger partial charge on any atom is -0.370 e. The highest BCUT2D eigenvalue weighted by Crippen LogP contribution is 2.46. The minimum atomic E-state index is 0. The van der Waals surface area contributed by atoms with E-state index in [1.165, 1.54) is 12.0 Å². The van der Waals surface area contributed by atoms with Gasteiger partial charge in [-0.1, -0.05) is 36.2 Å². The van der Waals surface area contributed by atoms with Crippen LogP contribution in [-0.4, -0.2) is 31.5 Å². The van der Waals surface area contributed by atoms with Gasteiger partial charge in [-0.15, -0.1) is 24.0 Å². The van der Waals surface area contributed by atoms with Crippen molar-refractivity contribution in [3.63, 3.8) is 0 Å². The second kappa shape index (κ2) is 6.79. The van der Waals surface area contributed by atoms with Crippen LogP contribution in [0.25, 0.3) is 0 Å². The van der Waals surface area contributed by atoms with E-state index in [-0.39, 0.29) is 29.4 Å². The Labute approximate surface area is 137 Å². The van der Waals surface area contributed by atoms with Crippen LogP contribution in [0.15, 0.2) is 29.3 Å². The van der Waals surface area contributed by atoms with Gasteiger partial charge in [0.15, 0.2) is 5.96 Å². The fourth-order valence-electron chi connectivity index (χ4n) is 2.38. The maximum atomic E-state index is 6.31. The Bertz CT molecular complexity index is 456. The Morgan fingerprint density at radius 2 is 2.00 bits per heavy atom. The maximum absolute atomic E-state index is 6.31. The Morgan fingerprint density at radius 1 is 1.37 bits per heavy atom. The van der Waals surface area contributed by atoms with Crippen molar-refractivity contribution >= 4 is 41.5 Å². The molecule has 3 nitrogen and oxygen atoms in total. The first kappa shape index (κ1) is 16.6. The van der Waals surface area contributed by atoms with Gasteiger partial charge < -0.3 is 10.6 Å². The van der Waals surface area contributed by atoms with E-state index in [1.54, 1.807) is 0 Å². The number of guanidine groups is 1. The first-order valence-electron chi connectivity index (χ1n) is 6.27. The molecule has 0 amide bonds. The summed E-state index contributed by atoms with van der Waals surface area (Å²) in [6, 6.07) is 8.08. The van der Waals surface area contributed by atoms with Gasteiger partial charge in [-0.2, -0.15) is 0 Å². The zero-order valence-electron chi connectivity index (χ0n) is 11.4. The third-order valence-electron chi connectivity index (χ3n) is 3.76. The van der Waals surface area contributed by atoms with Crippen molar-refractivity contribution in [1.82, 2.24) is 4.90 Å². The highest BCUT2D eigenvalue weighted by atomic mass is 127. The van der Waals surface area contributed by atoms with E-state index in [9.17, 15) is 0 Å². The topological polar surface area (TPSA) is 41.6 Å². The molecule has 0 aliphatic heterocycles. The van der Waals surface area contributed by atoms with Crippen LogP contribution in [0.2, 0.25) is 5.02 Å². The molecule has 1 aromatic carbocycles. The van der Waals surface area contributed by atoms with E-state index in [2.05, 4.69) is 11.1 Å². The highest BCUT2D eigenvalue weighted by molar-refractivity contribution is 14.0. The van der Waals surface area contributed by atoms with Crippen LogP contribution in [0, 0.1) is 0 Å². The number of nitrogens with two attached hydrogens (primary N) is 1. The Hall–Kier alpha value is -0.490. The first-order chi connectivity index (χ1) is 8.55. The summed E-state index contributed by atoms with van der Waals surface area (Å²) in [4.78, 5) is 6.33. The average molecular weight is 394 g/mol. The van der Waals surface area contributed by atoms with Gasteiger partial charge in [0, 0.05) is 24.5 Å². The van der Waals surface area contributed by atoms with Gasteiger partial charge in [-0.05, 0) is 24.5 Å². The predicted molar refractivity (Wildman–Crippen MR) is 92.6 cm³/mol. The molecular weight excluding hydrogens is 373 g/mol. The molecule has 0 atom stereocenters. The number of halogens is 2. The van der Waals surface area contributed by atoms with E-state index >= 15 is 0 Å². The molecule has 1 aliphatic rings. The summed E-state index contributed by atoms with van der Waals surface area (Å²) in [5.41, 5.74) is 7.17. The Balaban J connectivity index is 0.00000180. The molecule has 1 saturated carbocycles. The standard InChI is InChI=1S/C14H20ClN3.HI/c1-18(2)13(16)17-10-14(8-5-9-14)11-6-3-4-7-12(11)15;/h3-4,6-7H,5,8-10H2,1-2H3,(H2,16,17);1H. The smallest absolute Gasteiger partial charge is 0.190 e. The molecule has 0 bridgehead atoms. The fraction of sp³-hybridized carbons (Fsp3) is 0.500. The summed E-state index contributed by atoms with van der Waals surface area (Å²) in [6.07, 6.45) is 3.52. The van der Waals surface area contributed by atoms with Crippen molar-refractivity contribution in [1.29, 1.82) is 0 Å². The van der Waals surface area contributed by atoms with E-state index in [4.69, 9.17) is 17.3 Å². The molecule has 1 aromatic rings. The molecule has 0 heterocycles. The molecule has 0 saturated heterocycles. The largest absolute Gasteiger partial charge is 0.370 e. The van der Waals surface area contributed by atoms with Gasteiger partial charge >= 0.3 is 0 Å². The molecule has 19 heavy (non-hydrogen) atoms. The molecule has 0 aromatic heterocycles. The van der Waals surface area contributed by atoms with Crippen molar-refractivity contribution in [2.75, 3.05) is 20.6 Å². The molecule has 5 heteroatoms. The SMILES string of the molecule is CN(C)C(N)=NCC1(c2ccccc2Cl)CCC1.I. The fourth-order valence-corrected chi connectivity index (χ4v) is 2.72. The summed E-state index contributed by atoms with van der Waals surface area (Å²) in [7, 11) is 3.81. The van der Waals surface area contributed by atoms with Crippen molar-refractivity contribution in [2.45, 2.75) is 24.7 Å². The average Bonchev–Trinajstić information content (AvgIpc) is 2.29.